The van der Waals surface area contributed by atoms with Gasteiger partial charge in [0.15, 0.2) is 5.84 Å². The van der Waals surface area contributed by atoms with Crippen LogP contribution in [-0.2, 0) is 0 Å². The van der Waals surface area contributed by atoms with E-state index in [-0.39, 0.29) is 18.1 Å². The van der Waals surface area contributed by atoms with Crippen molar-refractivity contribution < 1.29 is 14.0 Å². The van der Waals surface area contributed by atoms with Gasteiger partial charge >= 0.3 is 0 Å². The largest absolute Gasteiger partial charge is 0.409 e. The molecule has 0 radical (unpaired) electrons. The number of anilines is 1. The first kappa shape index (κ1) is 12.2. The summed E-state index contributed by atoms with van der Waals surface area (Å²) in [5, 5.41) is 11.2. The predicted octanol–water partition coefficient (Wildman–Crippen LogP) is 0.877. The maximum atomic E-state index is 12.1. The molecule has 0 aliphatic heterocycles. The van der Waals surface area contributed by atoms with Gasteiger partial charge in [0.1, 0.15) is 5.69 Å². The number of hydrogen-bond acceptors (Lipinski definition) is 4. The fourth-order valence-corrected chi connectivity index (χ4v) is 1.13. The third-order valence-corrected chi connectivity index (χ3v) is 1.97. The van der Waals surface area contributed by atoms with Crippen LogP contribution in [0.25, 0.3) is 0 Å². The lowest BCUT2D eigenvalue weighted by Crippen LogP contribution is -2.24. The molecule has 0 unspecified atom stereocenters. The molecule has 1 rings (SSSR count). The van der Waals surface area contributed by atoms with Crippen molar-refractivity contribution in [3.8, 4) is 0 Å². The summed E-state index contributed by atoms with van der Waals surface area (Å²) in [7, 11) is 1.53. The van der Waals surface area contributed by atoms with Crippen LogP contribution in [0.3, 0.4) is 0 Å². The van der Waals surface area contributed by atoms with Gasteiger partial charge < -0.3 is 15.8 Å². The second kappa shape index (κ2) is 5.24. The summed E-state index contributed by atoms with van der Waals surface area (Å²) in [4.78, 5) is 5.24. The van der Waals surface area contributed by atoms with Crippen molar-refractivity contribution in [1.82, 2.24) is 4.98 Å². The number of amidine groups is 1. The van der Waals surface area contributed by atoms with Crippen LogP contribution in [0.15, 0.2) is 23.5 Å². The molecular weight excluding hydrogens is 218 g/mol. The molecule has 0 aliphatic carbocycles. The smallest absolute Gasteiger partial charge is 0.255 e. The van der Waals surface area contributed by atoms with Crippen molar-refractivity contribution in [3.05, 3.63) is 24.0 Å². The van der Waals surface area contributed by atoms with Gasteiger partial charge in [-0.2, -0.15) is 0 Å². The van der Waals surface area contributed by atoms with Gasteiger partial charge in [0.25, 0.3) is 6.43 Å². The Hall–Kier alpha value is -1.92. The van der Waals surface area contributed by atoms with Gasteiger partial charge in [0.05, 0.1) is 18.4 Å². The molecule has 1 aromatic rings. The minimum absolute atomic E-state index is 0.122. The van der Waals surface area contributed by atoms with Crippen LogP contribution in [0.2, 0.25) is 0 Å². The molecule has 88 valence electrons. The number of pyridine rings is 1. The molecule has 0 atom stereocenters. The van der Waals surface area contributed by atoms with Crippen LogP contribution < -0.4 is 10.6 Å². The molecule has 7 heteroatoms. The Labute approximate surface area is 91.2 Å². The standard InChI is InChI=1S/C9H12F2N4O/c1-15(5-8(10)11)6-2-3-7(13-4-6)9(12)14-16/h2-4,8,16H,5H2,1H3,(H2,12,14). The Morgan fingerprint density at radius 3 is 2.75 bits per heavy atom. The average Bonchev–Trinajstić information content (AvgIpc) is 2.27. The van der Waals surface area contributed by atoms with Crippen molar-refractivity contribution in [3.63, 3.8) is 0 Å². The van der Waals surface area contributed by atoms with E-state index in [1.54, 1.807) is 6.07 Å². The first-order valence-corrected chi connectivity index (χ1v) is 4.48. The maximum Gasteiger partial charge on any atom is 0.255 e. The number of aromatic nitrogens is 1. The monoisotopic (exact) mass is 230 g/mol. The van der Waals surface area contributed by atoms with E-state index in [4.69, 9.17) is 10.9 Å². The summed E-state index contributed by atoms with van der Waals surface area (Å²) in [6.07, 6.45) is -1.02. The van der Waals surface area contributed by atoms with E-state index in [2.05, 4.69) is 10.1 Å². The Kier molecular flexibility index (Phi) is 3.98. The van der Waals surface area contributed by atoms with E-state index >= 15 is 0 Å². The van der Waals surface area contributed by atoms with Gasteiger partial charge in [-0.1, -0.05) is 5.16 Å². The summed E-state index contributed by atoms with van der Waals surface area (Å²) >= 11 is 0. The Balaban J connectivity index is 2.78. The van der Waals surface area contributed by atoms with E-state index < -0.39 is 6.43 Å². The van der Waals surface area contributed by atoms with E-state index in [1.165, 1.54) is 24.2 Å². The van der Waals surface area contributed by atoms with E-state index in [0.29, 0.717) is 5.69 Å². The fourth-order valence-electron chi connectivity index (χ4n) is 1.13. The topological polar surface area (TPSA) is 74.7 Å². The highest BCUT2D eigenvalue weighted by atomic mass is 19.3. The lowest BCUT2D eigenvalue weighted by molar-refractivity contribution is 0.156. The molecule has 0 fully saturated rings. The molecular formula is C9H12F2N4O. The van der Waals surface area contributed by atoms with Gasteiger partial charge in [0.2, 0.25) is 0 Å². The molecule has 16 heavy (non-hydrogen) atoms. The third-order valence-electron chi connectivity index (χ3n) is 1.97. The minimum Gasteiger partial charge on any atom is -0.409 e. The molecule has 0 amide bonds. The molecule has 3 N–H and O–H groups in total. The van der Waals surface area contributed by atoms with Crippen molar-refractivity contribution in [2.75, 3.05) is 18.5 Å². The van der Waals surface area contributed by atoms with Crippen molar-refractivity contribution in [2.24, 2.45) is 10.9 Å². The van der Waals surface area contributed by atoms with E-state index in [9.17, 15) is 8.78 Å². The number of oxime groups is 1. The van der Waals surface area contributed by atoms with E-state index in [0.717, 1.165) is 0 Å². The minimum atomic E-state index is -2.41. The molecule has 0 bridgehead atoms. The first-order chi connectivity index (χ1) is 7.54. The second-order valence-corrected chi connectivity index (χ2v) is 3.16. The highest BCUT2D eigenvalue weighted by molar-refractivity contribution is 5.95. The molecule has 0 saturated heterocycles. The molecule has 0 aromatic carbocycles. The SMILES string of the molecule is CN(CC(F)F)c1ccc(/C(N)=N/O)nc1. The number of nitrogens with two attached hydrogens (primary N) is 1. The number of alkyl halides is 2. The summed E-state index contributed by atoms with van der Waals surface area (Å²) < 4.78 is 24.2. The zero-order chi connectivity index (χ0) is 12.1. The maximum absolute atomic E-state index is 12.1. The van der Waals surface area contributed by atoms with Gasteiger partial charge in [0, 0.05) is 7.05 Å². The summed E-state index contributed by atoms with van der Waals surface area (Å²) in [6.45, 7) is -0.370. The van der Waals surface area contributed by atoms with Gasteiger partial charge in [-0.3, -0.25) is 4.98 Å². The quantitative estimate of drug-likeness (QED) is 0.348. The van der Waals surface area contributed by atoms with Crippen molar-refractivity contribution in [2.45, 2.75) is 6.43 Å². The Morgan fingerprint density at radius 1 is 1.62 bits per heavy atom. The average molecular weight is 230 g/mol. The first-order valence-electron chi connectivity index (χ1n) is 4.48. The number of hydrogen-bond donors (Lipinski definition) is 2. The Bertz CT molecular complexity index is 366. The number of rotatable bonds is 4. The molecule has 0 saturated carbocycles. The van der Waals surface area contributed by atoms with Gasteiger partial charge in [-0.25, -0.2) is 8.78 Å². The lowest BCUT2D eigenvalue weighted by atomic mass is 10.3. The number of halogens is 2. The van der Waals surface area contributed by atoms with E-state index in [1.807, 2.05) is 0 Å². The summed E-state index contributed by atoms with van der Waals surface area (Å²) in [6, 6.07) is 3.06. The van der Waals surface area contributed by atoms with Crippen LogP contribution in [0.1, 0.15) is 5.69 Å². The van der Waals surface area contributed by atoms with Crippen LogP contribution >= 0.6 is 0 Å². The Morgan fingerprint density at radius 2 is 2.31 bits per heavy atom. The number of nitrogens with zero attached hydrogens (tertiary/aromatic N) is 3. The fraction of sp³-hybridized carbons (Fsp3) is 0.333. The zero-order valence-electron chi connectivity index (χ0n) is 8.64. The summed E-state index contributed by atoms with van der Waals surface area (Å²) in [5.74, 6) is -0.122. The lowest BCUT2D eigenvalue weighted by Gasteiger charge is -2.18. The van der Waals surface area contributed by atoms with Crippen molar-refractivity contribution in [1.29, 1.82) is 0 Å². The predicted molar refractivity (Wildman–Crippen MR) is 56.0 cm³/mol. The third kappa shape index (κ3) is 3.04. The van der Waals surface area contributed by atoms with Crippen molar-refractivity contribution >= 4 is 11.5 Å². The molecule has 0 spiro atoms. The molecule has 0 aliphatic rings. The van der Waals surface area contributed by atoms with Crippen LogP contribution in [0.5, 0.6) is 0 Å². The molecule has 1 aromatic heterocycles. The van der Waals surface area contributed by atoms with Crippen LogP contribution in [0.4, 0.5) is 14.5 Å². The molecule has 1 heterocycles. The second-order valence-electron chi connectivity index (χ2n) is 3.16. The normalized spacial score (nSPS) is 11.9. The van der Waals surface area contributed by atoms with Crippen LogP contribution in [0, 0.1) is 0 Å². The molecule has 5 nitrogen and oxygen atoms in total. The highest BCUT2D eigenvalue weighted by Gasteiger charge is 2.09. The van der Waals surface area contributed by atoms with Crippen LogP contribution in [-0.4, -0.2) is 36.0 Å². The summed E-state index contributed by atoms with van der Waals surface area (Å²) in [5.41, 5.74) is 6.13. The van der Waals surface area contributed by atoms with Gasteiger partial charge in [-0.05, 0) is 12.1 Å². The zero-order valence-corrected chi connectivity index (χ0v) is 8.64. The van der Waals surface area contributed by atoms with Gasteiger partial charge in [-0.15, -0.1) is 0 Å². The highest BCUT2D eigenvalue weighted by Crippen LogP contribution is 2.12.